The van der Waals surface area contributed by atoms with E-state index in [0.717, 1.165) is 5.56 Å². The van der Waals surface area contributed by atoms with E-state index in [0.29, 0.717) is 11.3 Å². The van der Waals surface area contributed by atoms with Crippen LogP contribution in [0.5, 0.6) is 0 Å². The maximum absolute atomic E-state index is 13.7. The lowest BCUT2D eigenvalue weighted by Crippen LogP contribution is -2.16. The number of aryl methyl sites for hydroxylation is 1. The van der Waals surface area contributed by atoms with E-state index in [2.05, 4.69) is 10.3 Å². The Hall–Kier alpha value is -2.94. The molecule has 0 fully saturated rings. The highest BCUT2D eigenvalue weighted by Gasteiger charge is 2.16. The summed E-state index contributed by atoms with van der Waals surface area (Å²) in [5, 5.41) is 11.6. The first-order valence-electron chi connectivity index (χ1n) is 5.75. The standard InChI is InChI=1S/C14H11FN4O/c1-8-3-2-4-11(10(8)7-16)19-14(20)9-5-6-18-13(17)12(9)15/h2-6H,1H3,(H2,17,18)(H,19,20). The Morgan fingerprint density at radius 3 is 2.90 bits per heavy atom. The van der Waals surface area contributed by atoms with Gasteiger partial charge in [-0.1, -0.05) is 12.1 Å². The van der Waals surface area contributed by atoms with Gasteiger partial charge >= 0.3 is 0 Å². The minimum absolute atomic E-state index is 0.220. The molecular formula is C14H11FN4O. The van der Waals surface area contributed by atoms with E-state index in [1.54, 1.807) is 25.1 Å². The number of anilines is 2. The summed E-state index contributed by atoms with van der Waals surface area (Å²) in [6, 6.07) is 8.25. The number of aromatic nitrogens is 1. The molecule has 20 heavy (non-hydrogen) atoms. The van der Waals surface area contributed by atoms with E-state index >= 15 is 0 Å². The molecule has 0 saturated heterocycles. The summed E-state index contributed by atoms with van der Waals surface area (Å²) >= 11 is 0. The predicted octanol–water partition coefficient (Wildman–Crippen LogP) is 2.24. The maximum Gasteiger partial charge on any atom is 0.258 e. The number of carbonyl (C=O) groups is 1. The minimum Gasteiger partial charge on any atom is -0.381 e. The van der Waals surface area contributed by atoms with Gasteiger partial charge in [0.25, 0.3) is 5.91 Å². The van der Waals surface area contributed by atoms with Crippen LogP contribution in [0.2, 0.25) is 0 Å². The molecule has 6 heteroatoms. The van der Waals surface area contributed by atoms with Gasteiger partial charge in [-0.05, 0) is 24.6 Å². The van der Waals surface area contributed by atoms with Crippen molar-refractivity contribution in [2.45, 2.75) is 6.92 Å². The van der Waals surface area contributed by atoms with E-state index in [-0.39, 0.29) is 11.4 Å². The molecule has 0 saturated carbocycles. The molecule has 1 heterocycles. The number of halogens is 1. The number of hydrogen-bond acceptors (Lipinski definition) is 4. The zero-order valence-corrected chi connectivity index (χ0v) is 10.6. The molecule has 0 aliphatic heterocycles. The van der Waals surface area contributed by atoms with Crippen LogP contribution in [0.15, 0.2) is 30.5 Å². The van der Waals surface area contributed by atoms with Crippen LogP contribution in [0.4, 0.5) is 15.9 Å². The SMILES string of the molecule is Cc1cccc(NC(=O)c2ccnc(N)c2F)c1C#N. The normalized spacial score (nSPS) is 9.85. The number of carbonyl (C=O) groups excluding carboxylic acids is 1. The molecule has 0 spiro atoms. The van der Waals surface area contributed by atoms with Crippen LogP contribution in [0, 0.1) is 24.1 Å². The van der Waals surface area contributed by atoms with E-state index in [4.69, 9.17) is 11.0 Å². The lowest BCUT2D eigenvalue weighted by Gasteiger charge is -2.09. The van der Waals surface area contributed by atoms with E-state index in [1.807, 2.05) is 6.07 Å². The van der Waals surface area contributed by atoms with Gasteiger partial charge in [0.05, 0.1) is 16.8 Å². The molecule has 3 N–H and O–H groups in total. The van der Waals surface area contributed by atoms with Crippen LogP contribution < -0.4 is 11.1 Å². The monoisotopic (exact) mass is 270 g/mol. The Balaban J connectivity index is 2.36. The van der Waals surface area contributed by atoms with E-state index < -0.39 is 11.7 Å². The third kappa shape index (κ3) is 2.42. The number of nitrogens with two attached hydrogens (primary N) is 1. The number of rotatable bonds is 2. The molecule has 0 bridgehead atoms. The summed E-state index contributed by atoms with van der Waals surface area (Å²) in [5.41, 5.74) is 6.48. The van der Waals surface area contributed by atoms with E-state index in [9.17, 15) is 9.18 Å². The summed E-state index contributed by atoms with van der Waals surface area (Å²) in [6.07, 6.45) is 1.24. The molecule has 1 aromatic carbocycles. The second-order valence-corrected chi connectivity index (χ2v) is 4.12. The molecule has 100 valence electrons. The summed E-state index contributed by atoms with van der Waals surface area (Å²) in [6.45, 7) is 1.75. The fraction of sp³-hybridized carbons (Fsp3) is 0.0714. The molecule has 0 unspecified atom stereocenters. The Kier molecular flexibility index (Phi) is 3.62. The van der Waals surface area contributed by atoms with Gasteiger partial charge < -0.3 is 11.1 Å². The second kappa shape index (κ2) is 5.36. The van der Waals surface area contributed by atoms with Crippen LogP contribution in [0.3, 0.4) is 0 Å². The first-order chi connectivity index (χ1) is 9.54. The second-order valence-electron chi connectivity index (χ2n) is 4.12. The van der Waals surface area contributed by atoms with Gasteiger partial charge in [-0.3, -0.25) is 4.79 Å². The number of nitrogen functional groups attached to an aromatic ring is 1. The Bertz CT molecular complexity index is 722. The lowest BCUT2D eigenvalue weighted by molar-refractivity contribution is 0.102. The Morgan fingerprint density at radius 1 is 1.45 bits per heavy atom. The molecule has 0 aliphatic rings. The molecule has 5 nitrogen and oxygen atoms in total. The fourth-order valence-electron chi connectivity index (χ4n) is 1.75. The molecule has 2 aromatic rings. The first kappa shape index (κ1) is 13.5. The zero-order chi connectivity index (χ0) is 14.7. The van der Waals surface area contributed by atoms with Crippen molar-refractivity contribution in [3.8, 4) is 6.07 Å². The molecule has 0 radical (unpaired) electrons. The van der Waals surface area contributed by atoms with Gasteiger partial charge in [-0.25, -0.2) is 9.37 Å². The van der Waals surface area contributed by atoms with Crippen LogP contribution in [-0.2, 0) is 0 Å². The number of pyridine rings is 1. The fourth-order valence-corrected chi connectivity index (χ4v) is 1.75. The average molecular weight is 270 g/mol. The number of nitriles is 1. The molecule has 1 aromatic heterocycles. The zero-order valence-electron chi connectivity index (χ0n) is 10.6. The smallest absolute Gasteiger partial charge is 0.258 e. The van der Waals surface area contributed by atoms with Crippen molar-refractivity contribution in [3.05, 3.63) is 53.0 Å². The van der Waals surface area contributed by atoms with Crippen molar-refractivity contribution < 1.29 is 9.18 Å². The number of nitrogens with one attached hydrogen (secondary N) is 1. The minimum atomic E-state index is -0.879. The number of nitrogens with zero attached hydrogens (tertiary/aromatic N) is 2. The van der Waals surface area contributed by atoms with Gasteiger partial charge in [0, 0.05) is 6.20 Å². The molecular weight excluding hydrogens is 259 g/mol. The highest BCUT2D eigenvalue weighted by Crippen LogP contribution is 2.20. The largest absolute Gasteiger partial charge is 0.381 e. The summed E-state index contributed by atoms with van der Waals surface area (Å²) in [7, 11) is 0. The van der Waals surface area contributed by atoms with Crippen LogP contribution in [-0.4, -0.2) is 10.9 Å². The summed E-state index contributed by atoms with van der Waals surface area (Å²) in [4.78, 5) is 15.6. The highest BCUT2D eigenvalue weighted by molar-refractivity contribution is 6.05. The maximum atomic E-state index is 13.7. The third-order valence-electron chi connectivity index (χ3n) is 2.79. The first-order valence-corrected chi connectivity index (χ1v) is 5.75. The van der Waals surface area contributed by atoms with Crippen molar-refractivity contribution in [3.63, 3.8) is 0 Å². The van der Waals surface area contributed by atoms with E-state index in [1.165, 1.54) is 12.3 Å². The molecule has 0 atom stereocenters. The van der Waals surface area contributed by atoms with Crippen molar-refractivity contribution in [1.82, 2.24) is 4.98 Å². The van der Waals surface area contributed by atoms with Crippen LogP contribution in [0.1, 0.15) is 21.5 Å². The number of amides is 1. The summed E-state index contributed by atoms with van der Waals surface area (Å²) in [5.74, 6) is -1.91. The van der Waals surface area contributed by atoms with Crippen molar-refractivity contribution >= 4 is 17.4 Å². The van der Waals surface area contributed by atoms with Gasteiger partial charge in [0.15, 0.2) is 11.6 Å². The van der Waals surface area contributed by atoms with Gasteiger partial charge in [-0.15, -0.1) is 0 Å². The van der Waals surface area contributed by atoms with Gasteiger partial charge in [-0.2, -0.15) is 5.26 Å². The predicted molar refractivity (Wildman–Crippen MR) is 72.5 cm³/mol. The summed E-state index contributed by atoms with van der Waals surface area (Å²) < 4.78 is 13.7. The third-order valence-corrected chi connectivity index (χ3v) is 2.79. The Morgan fingerprint density at radius 2 is 2.20 bits per heavy atom. The van der Waals surface area contributed by atoms with Gasteiger partial charge in [0.2, 0.25) is 0 Å². The average Bonchev–Trinajstić information content (AvgIpc) is 2.42. The lowest BCUT2D eigenvalue weighted by atomic mass is 10.1. The Labute approximate surface area is 114 Å². The van der Waals surface area contributed by atoms with Crippen molar-refractivity contribution in [2.24, 2.45) is 0 Å². The highest BCUT2D eigenvalue weighted by atomic mass is 19.1. The number of benzene rings is 1. The van der Waals surface area contributed by atoms with Crippen LogP contribution in [0.25, 0.3) is 0 Å². The van der Waals surface area contributed by atoms with Crippen molar-refractivity contribution in [2.75, 3.05) is 11.1 Å². The topological polar surface area (TPSA) is 91.8 Å². The van der Waals surface area contributed by atoms with Crippen LogP contribution >= 0.6 is 0 Å². The number of hydrogen-bond donors (Lipinski definition) is 2. The molecule has 2 rings (SSSR count). The van der Waals surface area contributed by atoms with Crippen molar-refractivity contribution in [1.29, 1.82) is 5.26 Å². The van der Waals surface area contributed by atoms with Gasteiger partial charge in [0.1, 0.15) is 6.07 Å². The quantitative estimate of drug-likeness (QED) is 0.875. The molecule has 0 aliphatic carbocycles. The molecule has 1 amide bonds.